The van der Waals surface area contributed by atoms with Gasteiger partial charge >= 0.3 is 0 Å². The quantitative estimate of drug-likeness (QED) is 0.687. The summed E-state index contributed by atoms with van der Waals surface area (Å²) in [5, 5.41) is 3.57. The van der Waals surface area contributed by atoms with Crippen molar-refractivity contribution in [2.75, 3.05) is 20.8 Å². The van der Waals surface area contributed by atoms with E-state index in [0.29, 0.717) is 0 Å². The molecule has 3 nitrogen and oxygen atoms in total. The van der Waals surface area contributed by atoms with Gasteiger partial charge in [0.05, 0.1) is 14.2 Å². The summed E-state index contributed by atoms with van der Waals surface area (Å²) in [6, 6.07) is 4.49. The van der Waals surface area contributed by atoms with Crippen molar-refractivity contribution in [1.82, 2.24) is 5.32 Å². The maximum absolute atomic E-state index is 5.43. The minimum atomic E-state index is -1.30. The first-order valence-electron chi connectivity index (χ1n) is 7.43. The maximum atomic E-state index is 5.43. The molecule has 0 spiro atoms. The van der Waals surface area contributed by atoms with Gasteiger partial charge in [-0.25, -0.2) is 0 Å². The van der Waals surface area contributed by atoms with Crippen LogP contribution in [0.3, 0.4) is 0 Å². The molecule has 1 aliphatic rings. The van der Waals surface area contributed by atoms with Crippen molar-refractivity contribution in [2.45, 2.75) is 38.5 Å². The molecule has 0 aliphatic carbocycles. The van der Waals surface area contributed by atoms with Crippen molar-refractivity contribution in [1.29, 1.82) is 0 Å². The van der Waals surface area contributed by atoms with Crippen LogP contribution in [0.5, 0.6) is 11.5 Å². The Morgan fingerprint density at radius 2 is 1.86 bits per heavy atom. The van der Waals surface area contributed by atoms with Crippen LogP contribution in [0.15, 0.2) is 12.1 Å². The van der Waals surface area contributed by atoms with E-state index in [9.17, 15) is 0 Å². The van der Waals surface area contributed by atoms with Crippen LogP contribution in [0.25, 0.3) is 0 Å². The number of ether oxygens (including phenoxy) is 2. The van der Waals surface area contributed by atoms with E-state index in [-0.39, 0.29) is 6.04 Å². The first-order chi connectivity index (χ1) is 9.94. The smallest absolute Gasteiger partial charge is 0.161 e. The number of benzene rings is 1. The van der Waals surface area contributed by atoms with Gasteiger partial charge in [-0.15, -0.1) is 11.5 Å². The molecule has 4 heteroatoms. The standard InChI is InChI=1S/C17H25NO2Si/c1-19-16-11-13-8-9-18-15(7-6-10-21(3,4)5)14(13)12-17(16)20-2/h11-12,15,18H,7-9H2,1-5H3/t15-/m0/s1. The van der Waals surface area contributed by atoms with Gasteiger partial charge in [-0.1, -0.05) is 19.6 Å². The molecular formula is C17H25NO2Si. The van der Waals surface area contributed by atoms with Crippen LogP contribution in [0.4, 0.5) is 0 Å². The summed E-state index contributed by atoms with van der Waals surface area (Å²) in [6.45, 7) is 7.81. The van der Waals surface area contributed by atoms with Crippen LogP contribution < -0.4 is 14.8 Å². The summed E-state index contributed by atoms with van der Waals surface area (Å²) in [6.07, 6.45) is 1.88. The molecule has 0 saturated heterocycles. The first kappa shape index (κ1) is 15.9. The van der Waals surface area contributed by atoms with E-state index in [1.807, 2.05) is 0 Å². The lowest BCUT2D eigenvalue weighted by Gasteiger charge is -2.27. The average Bonchev–Trinajstić information content (AvgIpc) is 2.44. The highest BCUT2D eigenvalue weighted by Crippen LogP contribution is 2.35. The molecule has 1 atom stereocenters. The summed E-state index contributed by atoms with van der Waals surface area (Å²) >= 11 is 0. The Morgan fingerprint density at radius 1 is 1.19 bits per heavy atom. The van der Waals surface area contributed by atoms with Crippen LogP contribution in [0.2, 0.25) is 19.6 Å². The van der Waals surface area contributed by atoms with E-state index in [4.69, 9.17) is 9.47 Å². The van der Waals surface area contributed by atoms with Crippen molar-refractivity contribution >= 4 is 8.07 Å². The normalized spacial score (nSPS) is 17.5. The van der Waals surface area contributed by atoms with Crippen LogP contribution in [0, 0.1) is 11.5 Å². The Bertz CT molecular complexity index is 567. The van der Waals surface area contributed by atoms with Crippen molar-refractivity contribution in [3.05, 3.63) is 23.3 Å². The molecule has 21 heavy (non-hydrogen) atoms. The van der Waals surface area contributed by atoms with E-state index < -0.39 is 8.07 Å². The average molecular weight is 303 g/mol. The topological polar surface area (TPSA) is 30.5 Å². The van der Waals surface area contributed by atoms with E-state index in [0.717, 1.165) is 30.9 Å². The molecule has 0 bridgehead atoms. The Labute approximate surface area is 129 Å². The van der Waals surface area contributed by atoms with Crippen LogP contribution in [-0.2, 0) is 6.42 Å². The predicted octanol–water partition coefficient (Wildman–Crippen LogP) is 3.16. The number of fused-ring (bicyclic) bond motifs is 1. The number of rotatable bonds is 3. The molecule has 1 aromatic carbocycles. The van der Waals surface area contributed by atoms with E-state index in [1.165, 1.54) is 11.1 Å². The van der Waals surface area contributed by atoms with Crippen LogP contribution in [0.1, 0.15) is 23.6 Å². The fourth-order valence-corrected chi connectivity index (χ4v) is 3.20. The zero-order valence-electron chi connectivity index (χ0n) is 13.7. The van der Waals surface area contributed by atoms with Gasteiger partial charge in [-0.2, -0.15) is 0 Å². The highest BCUT2D eigenvalue weighted by molar-refractivity contribution is 6.83. The largest absolute Gasteiger partial charge is 0.493 e. The predicted molar refractivity (Wildman–Crippen MR) is 89.7 cm³/mol. The Balaban J connectivity index is 2.27. The number of hydrogen-bond acceptors (Lipinski definition) is 3. The molecule has 1 heterocycles. The minimum absolute atomic E-state index is 0.289. The Morgan fingerprint density at radius 3 is 2.48 bits per heavy atom. The fraction of sp³-hybridized carbons (Fsp3) is 0.529. The Kier molecular flexibility index (Phi) is 4.97. The first-order valence-corrected chi connectivity index (χ1v) is 10.9. The zero-order chi connectivity index (χ0) is 15.5. The highest BCUT2D eigenvalue weighted by Gasteiger charge is 2.22. The Hall–Kier alpha value is -1.44. The molecule has 0 saturated carbocycles. The van der Waals surface area contributed by atoms with Gasteiger partial charge in [0.15, 0.2) is 11.5 Å². The van der Waals surface area contributed by atoms with E-state index in [1.54, 1.807) is 14.2 Å². The molecule has 0 unspecified atom stereocenters. The third-order valence-electron chi connectivity index (χ3n) is 3.58. The van der Waals surface area contributed by atoms with Crippen molar-refractivity contribution in [3.8, 4) is 23.0 Å². The van der Waals surface area contributed by atoms with E-state index >= 15 is 0 Å². The second-order valence-electron chi connectivity index (χ2n) is 6.42. The van der Waals surface area contributed by atoms with Gasteiger partial charge in [-0.3, -0.25) is 0 Å². The third-order valence-corrected chi connectivity index (χ3v) is 4.50. The SMILES string of the molecule is COc1cc2c(cc1OC)[C@H](CC#C[Si](C)(C)C)NCC2. The minimum Gasteiger partial charge on any atom is -0.493 e. The number of methoxy groups -OCH3 is 2. The lowest BCUT2D eigenvalue weighted by atomic mass is 9.92. The zero-order valence-corrected chi connectivity index (χ0v) is 14.7. The third kappa shape index (κ3) is 4.02. The molecule has 1 N–H and O–H groups in total. The van der Waals surface area contributed by atoms with Gasteiger partial charge in [0.25, 0.3) is 0 Å². The lowest BCUT2D eigenvalue weighted by Crippen LogP contribution is -2.29. The van der Waals surface area contributed by atoms with E-state index in [2.05, 4.69) is 48.6 Å². The molecule has 0 fully saturated rings. The maximum Gasteiger partial charge on any atom is 0.161 e. The summed E-state index contributed by atoms with van der Waals surface area (Å²) in [5.74, 6) is 4.98. The molecular weight excluding hydrogens is 278 g/mol. The van der Waals surface area contributed by atoms with Crippen molar-refractivity contribution < 1.29 is 9.47 Å². The molecule has 1 aliphatic heterocycles. The molecule has 2 rings (SSSR count). The summed E-state index contributed by atoms with van der Waals surface area (Å²) in [5.41, 5.74) is 6.08. The molecule has 0 radical (unpaired) electrons. The lowest BCUT2D eigenvalue weighted by molar-refractivity contribution is 0.352. The van der Waals surface area contributed by atoms with Crippen LogP contribution >= 0.6 is 0 Å². The number of hydrogen-bond donors (Lipinski definition) is 1. The van der Waals surface area contributed by atoms with Crippen molar-refractivity contribution in [2.24, 2.45) is 0 Å². The van der Waals surface area contributed by atoms with Crippen LogP contribution in [-0.4, -0.2) is 28.8 Å². The van der Waals surface area contributed by atoms with Gasteiger partial charge in [0.1, 0.15) is 8.07 Å². The van der Waals surface area contributed by atoms with Crippen molar-refractivity contribution in [3.63, 3.8) is 0 Å². The number of nitrogens with one attached hydrogen (secondary N) is 1. The second-order valence-corrected chi connectivity index (χ2v) is 11.2. The summed E-state index contributed by atoms with van der Waals surface area (Å²) < 4.78 is 10.8. The summed E-state index contributed by atoms with van der Waals surface area (Å²) in [7, 11) is 2.06. The molecule has 114 valence electrons. The second kappa shape index (κ2) is 6.55. The van der Waals surface area contributed by atoms with Gasteiger partial charge < -0.3 is 14.8 Å². The highest BCUT2D eigenvalue weighted by atomic mass is 28.3. The molecule has 0 amide bonds. The summed E-state index contributed by atoms with van der Waals surface area (Å²) in [4.78, 5) is 0. The molecule has 1 aromatic rings. The van der Waals surface area contributed by atoms with Gasteiger partial charge in [-0.05, 0) is 36.2 Å². The van der Waals surface area contributed by atoms with Gasteiger partial charge in [0, 0.05) is 12.5 Å². The fourth-order valence-electron chi connectivity index (χ4n) is 2.57. The monoisotopic (exact) mass is 303 g/mol. The molecule has 0 aromatic heterocycles. The van der Waals surface area contributed by atoms with Gasteiger partial charge in [0.2, 0.25) is 0 Å².